The molecule has 6 heteroatoms. The number of thiazole rings is 2. The van der Waals surface area contributed by atoms with Crippen molar-refractivity contribution in [1.29, 1.82) is 0 Å². The molecule has 0 aromatic carbocycles. The highest BCUT2D eigenvalue weighted by atomic mass is 32.1. The van der Waals surface area contributed by atoms with Crippen molar-refractivity contribution >= 4 is 22.7 Å². The van der Waals surface area contributed by atoms with Gasteiger partial charge in [0.05, 0.1) is 17.3 Å². The van der Waals surface area contributed by atoms with Crippen LogP contribution in [0.15, 0.2) is 10.8 Å². The Kier molecular flexibility index (Phi) is 4.82. The van der Waals surface area contributed by atoms with Gasteiger partial charge in [-0.1, -0.05) is 0 Å². The summed E-state index contributed by atoms with van der Waals surface area (Å²) in [6.45, 7) is 5.51. The summed E-state index contributed by atoms with van der Waals surface area (Å²) in [5.41, 5.74) is 2.10. The standard InChI is InChI=1S/C12H17N3OS2/c1-8-6-18-12(14-8)11(13-4-5-16-3)10-7-17-9(2)15-10/h6-7,11,13H,4-5H2,1-3H3. The van der Waals surface area contributed by atoms with E-state index in [9.17, 15) is 0 Å². The normalized spacial score (nSPS) is 12.8. The Hall–Kier alpha value is -0.820. The highest BCUT2D eigenvalue weighted by molar-refractivity contribution is 7.10. The molecule has 2 heterocycles. The number of aryl methyl sites for hydroxylation is 2. The van der Waals surface area contributed by atoms with Gasteiger partial charge < -0.3 is 10.1 Å². The van der Waals surface area contributed by atoms with Crippen LogP contribution in [0.5, 0.6) is 0 Å². The van der Waals surface area contributed by atoms with Crippen molar-refractivity contribution in [3.8, 4) is 0 Å². The van der Waals surface area contributed by atoms with Crippen LogP contribution in [0, 0.1) is 13.8 Å². The number of methoxy groups -OCH3 is 1. The SMILES string of the molecule is COCCNC(c1csc(C)n1)c1nc(C)cs1. The third-order valence-electron chi connectivity index (χ3n) is 2.47. The minimum atomic E-state index is 0.0730. The lowest BCUT2D eigenvalue weighted by atomic mass is 10.2. The van der Waals surface area contributed by atoms with Crippen LogP contribution in [-0.4, -0.2) is 30.2 Å². The van der Waals surface area contributed by atoms with Gasteiger partial charge in [-0.3, -0.25) is 0 Å². The number of nitrogens with one attached hydrogen (secondary N) is 1. The minimum absolute atomic E-state index is 0.0730. The first kappa shape index (κ1) is 13.6. The summed E-state index contributed by atoms with van der Waals surface area (Å²) in [4.78, 5) is 9.11. The molecule has 0 saturated carbocycles. The lowest BCUT2D eigenvalue weighted by Crippen LogP contribution is -2.26. The molecule has 1 unspecified atom stereocenters. The third-order valence-corrected chi connectivity index (χ3v) is 4.29. The van der Waals surface area contributed by atoms with Crippen LogP contribution in [0.1, 0.15) is 27.4 Å². The van der Waals surface area contributed by atoms with Crippen LogP contribution < -0.4 is 5.32 Å². The number of hydrogen-bond donors (Lipinski definition) is 1. The summed E-state index contributed by atoms with van der Waals surface area (Å²) in [5, 5.41) is 9.75. The van der Waals surface area contributed by atoms with E-state index in [0.717, 1.165) is 27.9 Å². The smallest absolute Gasteiger partial charge is 0.116 e. The third kappa shape index (κ3) is 3.35. The quantitative estimate of drug-likeness (QED) is 0.828. The number of aromatic nitrogens is 2. The van der Waals surface area contributed by atoms with Gasteiger partial charge in [-0.15, -0.1) is 22.7 Å². The zero-order valence-corrected chi connectivity index (χ0v) is 12.4. The maximum absolute atomic E-state index is 5.08. The molecule has 4 nitrogen and oxygen atoms in total. The Morgan fingerprint density at radius 1 is 1.28 bits per heavy atom. The van der Waals surface area contributed by atoms with Gasteiger partial charge in [-0.05, 0) is 13.8 Å². The molecule has 0 saturated heterocycles. The van der Waals surface area contributed by atoms with E-state index < -0.39 is 0 Å². The first-order valence-electron chi connectivity index (χ1n) is 5.77. The fourth-order valence-electron chi connectivity index (χ4n) is 1.64. The van der Waals surface area contributed by atoms with Gasteiger partial charge in [-0.25, -0.2) is 9.97 Å². The topological polar surface area (TPSA) is 47.0 Å². The Morgan fingerprint density at radius 2 is 2.11 bits per heavy atom. The Labute approximate surface area is 115 Å². The number of hydrogen-bond acceptors (Lipinski definition) is 6. The van der Waals surface area contributed by atoms with Gasteiger partial charge in [0, 0.05) is 30.1 Å². The molecule has 1 N–H and O–H groups in total. The summed E-state index contributed by atoms with van der Waals surface area (Å²) in [7, 11) is 1.71. The molecule has 0 amide bonds. The van der Waals surface area contributed by atoms with E-state index in [1.807, 2.05) is 13.8 Å². The maximum Gasteiger partial charge on any atom is 0.116 e. The van der Waals surface area contributed by atoms with Crippen LogP contribution >= 0.6 is 22.7 Å². The van der Waals surface area contributed by atoms with Crippen LogP contribution in [0.4, 0.5) is 0 Å². The van der Waals surface area contributed by atoms with E-state index in [0.29, 0.717) is 6.61 Å². The summed E-state index contributed by atoms with van der Waals surface area (Å²) >= 11 is 3.34. The average molecular weight is 283 g/mol. The zero-order valence-electron chi connectivity index (χ0n) is 10.8. The van der Waals surface area contributed by atoms with Crippen molar-refractivity contribution in [1.82, 2.24) is 15.3 Å². The second-order valence-corrected chi connectivity index (χ2v) is 5.95. The molecule has 0 aliphatic rings. The van der Waals surface area contributed by atoms with Crippen molar-refractivity contribution in [2.24, 2.45) is 0 Å². The first-order valence-corrected chi connectivity index (χ1v) is 7.53. The van der Waals surface area contributed by atoms with Crippen LogP contribution in [-0.2, 0) is 4.74 Å². The highest BCUT2D eigenvalue weighted by Gasteiger charge is 2.19. The van der Waals surface area contributed by atoms with E-state index >= 15 is 0 Å². The van der Waals surface area contributed by atoms with Crippen molar-refractivity contribution < 1.29 is 4.74 Å². The molecule has 0 aliphatic heterocycles. The lowest BCUT2D eigenvalue weighted by Gasteiger charge is -2.14. The molecule has 2 rings (SSSR count). The second-order valence-electron chi connectivity index (χ2n) is 4.00. The minimum Gasteiger partial charge on any atom is -0.383 e. The van der Waals surface area contributed by atoms with Crippen molar-refractivity contribution in [2.45, 2.75) is 19.9 Å². The van der Waals surface area contributed by atoms with Gasteiger partial charge >= 0.3 is 0 Å². The molecule has 0 fully saturated rings. The van der Waals surface area contributed by atoms with E-state index in [4.69, 9.17) is 4.74 Å². The van der Waals surface area contributed by atoms with Gasteiger partial charge in [0.1, 0.15) is 11.0 Å². The molecule has 0 bridgehead atoms. The summed E-state index contributed by atoms with van der Waals surface area (Å²) in [6.07, 6.45) is 0. The number of ether oxygens (including phenoxy) is 1. The Balaban J connectivity index is 2.17. The average Bonchev–Trinajstić information content (AvgIpc) is 2.94. The van der Waals surface area contributed by atoms with E-state index in [1.165, 1.54) is 0 Å². The Morgan fingerprint density at radius 3 is 2.67 bits per heavy atom. The fourth-order valence-corrected chi connectivity index (χ4v) is 3.16. The van der Waals surface area contributed by atoms with Gasteiger partial charge in [-0.2, -0.15) is 0 Å². The summed E-state index contributed by atoms with van der Waals surface area (Å²) in [6, 6.07) is 0.0730. The summed E-state index contributed by atoms with van der Waals surface area (Å²) < 4.78 is 5.08. The molecule has 1 atom stereocenters. The lowest BCUT2D eigenvalue weighted by molar-refractivity contribution is 0.197. The van der Waals surface area contributed by atoms with E-state index in [-0.39, 0.29) is 6.04 Å². The van der Waals surface area contributed by atoms with Crippen LogP contribution in [0.2, 0.25) is 0 Å². The Bertz CT molecular complexity index is 455. The molecule has 0 aliphatic carbocycles. The fraction of sp³-hybridized carbons (Fsp3) is 0.500. The zero-order chi connectivity index (χ0) is 13.0. The van der Waals surface area contributed by atoms with E-state index in [1.54, 1.807) is 29.8 Å². The molecule has 0 radical (unpaired) electrons. The molecule has 2 aromatic heterocycles. The predicted molar refractivity (Wildman–Crippen MR) is 75.4 cm³/mol. The van der Waals surface area contributed by atoms with Crippen molar-refractivity contribution in [3.05, 3.63) is 32.2 Å². The maximum atomic E-state index is 5.08. The molecule has 18 heavy (non-hydrogen) atoms. The monoisotopic (exact) mass is 283 g/mol. The molecular formula is C12H17N3OS2. The number of rotatable bonds is 6. The van der Waals surface area contributed by atoms with Crippen molar-refractivity contribution in [2.75, 3.05) is 20.3 Å². The van der Waals surface area contributed by atoms with Crippen molar-refractivity contribution in [3.63, 3.8) is 0 Å². The van der Waals surface area contributed by atoms with Gasteiger partial charge in [0.2, 0.25) is 0 Å². The van der Waals surface area contributed by atoms with Crippen LogP contribution in [0.25, 0.3) is 0 Å². The molecule has 0 spiro atoms. The van der Waals surface area contributed by atoms with Crippen LogP contribution in [0.3, 0.4) is 0 Å². The largest absolute Gasteiger partial charge is 0.383 e. The summed E-state index contributed by atoms with van der Waals surface area (Å²) in [5.74, 6) is 0. The van der Waals surface area contributed by atoms with E-state index in [2.05, 4.69) is 26.0 Å². The van der Waals surface area contributed by atoms with Gasteiger partial charge in [0.25, 0.3) is 0 Å². The van der Waals surface area contributed by atoms with Gasteiger partial charge in [0.15, 0.2) is 0 Å². The second kappa shape index (κ2) is 6.38. The number of nitrogens with zero attached hydrogens (tertiary/aromatic N) is 2. The first-order chi connectivity index (χ1) is 8.70. The highest BCUT2D eigenvalue weighted by Crippen LogP contribution is 2.25. The molecule has 2 aromatic rings. The molecule has 98 valence electrons. The molecular weight excluding hydrogens is 266 g/mol. The predicted octanol–water partition coefficient (Wildman–Crippen LogP) is 2.54.